The predicted molar refractivity (Wildman–Crippen MR) is 96.3 cm³/mol. The summed E-state index contributed by atoms with van der Waals surface area (Å²) >= 11 is 0. The van der Waals surface area contributed by atoms with Gasteiger partial charge < -0.3 is 15.1 Å². The molecule has 1 aromatic carbocycles. The fourth-order valence-corrected chi connectivity index (χ4v) is 5.00. The first-order chi connectivity index (χ1) is 12.4. The highest BCUT2D eigenvalue weighted by Gasteiger charge is 2.42. The maximum Gasteiger partial charge on any atom is 0.241 e. The molecule has 2 fully saturated rings. The largest absolute Gasteiger partial charge is 0.390 e. The van der Waals surface area contributed by atoms with Gasteiger partial charge in [0, 0.05) is 24.8 Å². The van der Waals surface area contributed by atoms with Gasteiger partial charge in [-0.1, -0.05) is 0 Å². The molecule has 0 aromatic heterocycles. The molecule has 142 valence electrons. The number of nitrogens with zero attached hydrogens (tertiary/aromatic N) is 2. The van der Waals surface area contributed by atoms with Crippen LogP contribution in [0.25, 0.3) is 0 Å². The molecule has 1 saturated heterocycles. The molecule has 5 atom stereocenters. The van der Waals surface area contributed by atoms with Crippen molar-refractivity contribution in [3.8, 4) is 0 Å². The second-order valence-electron chi connectivity index (χ2n) is 8.24. The minimum absolute atomic E-state index is 0.0461. The summed E-state index contributed by atoms with van der Waals surface area (Å²) in [6, 6.07) is 4.78. The Morgan fingerprint density at radius 2 is 1.85 bits per heavy atom. The Morgan fingerprint density at radius 1 is 1.19 bits per heavy atom. The standard InChI is InChI=1S/C20H27FN2O3/c1-12-2-3-13-6-16(21)4-5-17(13)23(12)20(26)11-22-9-14-7-18(24)19(25)8-15(14)10-22/h4-6,12,14-15,18-19,24-25H,2-3,7-11H2,1H3/t12?,14-,15+,18+,19-. The highest BCUT2D eigenvalue weighted by Crippen LogP contribution is 2.37. The molecule has 0 radical (unpaired) electrons. The number of hydrogen-bond acceptors (Lipinski definition) is 4. The molecule has 0 spiro atoms. The Hall–Kier alpha value is -1.50. The van der Waals surface area contributed by atoms with Crippen molar-refractivity contribution in [3.05, 3.63) is 29.6 Å². The molecule has 3 aliphatic rings. The molecular formula is C20H27FN2O3. The summed E-state index contributed by atoms with van der Waals surface area (Å²) in [5.41, 5.74) is 1.73. The van der Waals surface area contributed by atoms with Crippen LogP contribution in [-0.2, 0) is 11.2 Å². The van der Waals surface area contributed by atoms with E-state index in [1.807, 2.05) is 11.8 Å². The number of carbonyl (C=O) groups is 1. The van der Waals surface area contributed by atoms with Crippen LogP contribution in [-0.4, -0.2) is 58.9 Å². The lowest BCUT2D eigenvalue weighted by Gasteiger charge is -2.36. The third kappa shape index (κ3) is 3.26. The molecule has 1 aliphatic carbocycles. The van der Waals surface area contributed by atoms with Gasteiger partial charge in [-0.2, -0.15) is 0 Å². The van der Waals surface area contributed by atoms with Crippen molar-refractivity contribution in [1.29, 1.82) is 0 Å². The second-order valence-corrected chi connectivity index (χ2v) is 8.24. The molecular weight excluding hydrogens is 335 g/mol. The first-order valence-corrected chi connectivity index (χ1v) is 9.61. The third-order valence-electron chi connectivity index (χ3n) is 6.39. The van der Waals surface area contributed by atoms with Crippen molar-refractivity contribution in [3.63, 3.8) is 0 Å². The Labute approximate surface area is 153 Å². The number of hydrogen-bond donors (Lipinski definition) is 2. The highest BCUT2D eigenvalue weighted by molar-refractivity contribution is 5.96. The van der Waals surface area contributed by atoms with Gasteiger partial charge in [-0.15, -0.1) is 0 Å². The fourth-order valence-electron chi connectivity index (χ4n) is 5.00. The van der Waals surface area contributed by atoms with Gasteiger partial charge in [0.25, 0.3) is 0 Å². The van der Waals surface area contributed by atoms with E-state index in [9.17, 15) is 19.4 Å². The molecule has 2 N–H and O–H groups in total. The first kappa shape index (κ1) is 17.9. The average molecular weight is 362 g/mol. The van der Waals surface area contributed by atoms with Gasteiger partial charge in [-0.3, -0.25) is 9.69 Å². The summed E-state index contributed by atoms with van der Waals surface area (Å²) in [6.45, 7) is 3.96. The van der Waals surface area contributed by atoms with Crippen molar-refractivity contribution in [1.82, 2.24) is 4.90 Å². The molecule has 26 heavy (non-hydrogen) atoms. The predicted octanol–water partition coefficient (Wildman–Crippen LogP) is 1.56. The van der Waals surface area contributed by atoms with E-state index in [0.29, 0.717) is 31.2 Å². The molecule has 0 bridgehead atoms. The van der Waals surface area contributed by atoms with Crippen LogP contribution in [0.15, 0.2) is 18.2 Å². The van der Waals surface area contributed by atoms with Gasteiger partial charge in [-0.05, 0) is 68.2 Å². The van der Waals surface area contributed by atoms with Crippen LogP contribution in [0.5, 0.6) is 0 Å². The lowest BCUT2D eigenvalue weighted by atomic mass is 9.79. The van der Waals surface area contributed by atoms with Crippen molar-refractivity contribution in [2.75, 3.05) is 24.5 Å². The lowest BCUT2D eigenvalue weighted by Crippen LogP contribution is -2.46. The average Bonchev–Trinajstić information content (AvgIpc) is 2.96. The van der Waals surface area contributed by atoms with E-state index in [0.717, 1.165) is 37.2 Å². The number of aliphatic hydroxyl groups is 2. The van der Waals surface area contributed by atoms with Gasteiger partial charge in [0.1, 0.15) is 5.82 Å². The van der Waals surface area contributed by atoms with Gasteiger partial charge in [0.2, 0.25) is 5.91 Å². The number of aliphatic hydroxyl groups excluding tert-OH is 2. The summed E-state index contributed by atoms with van der Waals surface area (Å²) in [6.07, 6.45) is 1.57. The molecule has 1 saturated carbocycles. The number of aryl methyl sites for hydroxylation is 1. The number of carbonyl (C=O) groups excluding carboxylic acids is 1. The van der Waals surface area contributed by atoms with E-state index in [1.165, 1.54) is 12.1 Å². The van der Waals surface area contributed by atoms with Crippen LogP contribution in [0, 0.1) is 17.7 Å². The minimum Gasteiger partial charge on any atom is -0.390 e. The number of fused-ring (bicyclic) bond motifs is 2. The molecule has 4 rings (SSSR count). The molecule has 2 aliphatic heterocycles. The van der Waals surface area contributed by atoms with E-state index in [4.69, 9.17) is 0 Å². The van der Waals surface area contributed by atoms with Crippen LogP contribution in [0.4, 0.5) is 10.1 Å². The van der Waals surface area contributed by atoms with Crippen molar-refractivity contribution in [2.45, 2.75) is 50.9 Å². The SMILES string of the molecule is CC1CCc2cc(F)ccc2N1C(=O)CN1C[C@H]2C[C@H](O)[C@H](O)C[C@H]2C1. The van der Waals surface area contributed by atoms with Gasteiger partial charge >= 0.3 is 0 Å². The Morgan fingerprint density at radius 3 is 2.50 bits per heavy atom. The molecule has 6 heteroatoms. The van der Waals surface area contributed by atoms with Crippen LogP contribution in [0.3, 0.4) is 0 Å². The van der Waals surface area contributed by atoms with Gasteiger partial charge in [-0.25, -0.2) is 4.39 Å². The van der Waals surface area contributed by atoms with Crippen LogP contribution >= 0.6 is 0 Å². The quantitative estimate of drug-likeness (QED) is 0.838. The fraction of sp³-hybridized carbons (Fsp3) is 0.650. The number of amides is 1. The van der Waals surface area contributed by atoms with Crippen LogP contribution in [0.1, 0.15) is 31.7 Å². The number of halogens is 1. The first-order valence-electron chi connectivity index (χ1n) is 9.61. The van der Waals surface area contributed by atoms with E-state index in [2.05, 4.69) is 4.90 Å². The van der Waals surface area contributed by atoms with Crippen molar-refractivity contribution in [2.24, 2.45) is 11.8 Å². The summed E-state index contributed by atoms with van der Waals surface area (Å²) in [5, 5.41) is 19.8. The number of rotatable bonds is 2. The smallest absolute Gasteiger partial charge is 0.241 e. The van der Waals surface area contributed by atoms with Gasteiger partial charge in [0.05, 0.1) is 18.8 Å². The van der Waals surface area contributed by atoms with Gasteiger partial charge in [0.15, 0.2) is 0 Å². The number of likely N-dealkylation sites (tertiary alicyclic amines) is 1. The maximum absolute atomic E-state index is 13.5. The van der Waals surface area contributed by atoms with Crippen molar-refractivity contribution >= 4 is 11.6 Å². The van der Waals surface area contributed by atoms with E-state index >= 15 is 0 Å². The molecule has 1 aromatic rings. The zero-order chi connectivity index (χ0) is 18.4. The zero-order valence-corrected chi connectivity index (χ0v) is 15.1. The highest BCUT2D eigenvalue weighted by atomic mass is 19.1. The second kappa shape index (κ2) is 6.91. The normalized spacial score (nSPS) is 34.5. The Kier molecular flexibility index (Phi) is 4.75. The Bertz CT molecular complexity index is 680. The summed E-state index contributed by atoms with van der Waals surface area (Å²) in [4.78, 5) is 17.0. The van der Waals surface area contributed by atoms with E-state index in [-0.39, 0.29) is 17.8 Å². The van der Waals surface area contributed by atoms with Crippen LogP contribution < -0.4 is 4.90 Å². The van der Waals surface area contributed by atoms with Crippen molar-refractivity contribution < 1.29 is 19.4 Å². The molecule has 2 heterocycles. The molecule has 5 nitrogen and oxygen atoms in total. The molecule has 1 unspecified atom stereocenters. The topological polar surface area (TPSA) is 64.0 Å². The minimum atomic E-state index is -0.643. The summed E-state index contributed by atoms with van der Waals surface area (Å²) in [7, 11) is 0. The third-order valence-corrected chi connectivity index (χ3v) is 6.39. The van der Waals surface area contributed by atoms with E-state index in [1.54, 1.807) is 6.07 Å². The molecule has 1 amide bonds. The Balaban J connectivity index is 1.46. The number of benzene rings is 1. The van der Waals surface area contributed by atoms with Crippen LogP contribution in [0.2, 0.25) is 0 Å². The summed E-state index contributed by atoms with van der Waals surface area (Å²) in [5.74, 6) is 0.485. The summed E-state index contributed by atoms with van der Waals surface area (Å²) < 4.78 is 13.5. The lowest BCUT2D eigenvalue weighted by molar-refractivity contribution is -0.120. The maximum atomic E-state index is 13.5. The number of anilines is 1. The monoisotopic (exact) mass is 362 g/mol. The zero-order valence-electron chi connectivity index (χ0n) is 15.1. The van der Waals surface area contributed by atoms with E-state index < -0.39 is 12.2 Å².